The molecule has 103 valence electrons. The second kappa shape index (κ2) is 7.81. The summed E-state index contributed by atoms with van der Waals surface area (Å²) in [5.74, 6) is -0.177. The van der Waals surface area contributed by atoms with E-state index in [1.807, 2.05) is 0 Å². The minimum atomic E-state index is -3.30. The van der Waals surface area contributed by atoms with Crippen LogP contribution < -0.4 is 0 Å². The van der Waals surface area contributed by atoms with Gasteiger partial charge >= 0.3 is 0 Å². The van der Waals surface area contributed by atoms with Crippen molar-refractivity contribution in [3.05, 3.63) is 6.92 Å². The molecule has 1 unspecified atom stereocenters. The van der Waals surface area contributed by atoms with Gasteiger partial charge in [-0.3, -0.25) is 0 Å². The van der Waals surface area contributed by atoms with Crippen LogP contribution in [0.25, 0.3) is 0 Å². The number of hydrogen-bond donors (Lipinski definition) is 0. The molecular formula is C9H17Cl2O4S2. The summed E-state index contributed by atoms with van der Waals surface area (Å²) < 4.78 is 45.6. The zero-order valence-electron chi connectivity index (χ0n) is 9.44. The third-order valence-corrected chi connectivity index (χ3v) is 6.83. The van der Waals surface area contributed by atoms with Gasteiger partial charge in [-0.2, -0.15) is 0 Å². The first kappa shape index (κ1) is 17.5. The van der Waals surface area contributed by atoms with Crippen molar-refractivity contribution in [2.45, 2.75) is 18.1 Å². The van der Waals surface area contributed by atoms with Gasteiger partial charge in [-0.1, -0.05) is 0 Å². The molecule has 0 N–H and O–H groups in total. The summed E-state index contributed by atoms with van der Waals surface area (Å²) in [6.07, 6.45) is 0.496. The summed E-state index contributed by atoms with van der Waals surface area (Å²) in [6, 6.07) is 0. The van der Waals surface area contributed by atoms with Gasteiger partial charge in [-0.25, -0.2) is 16.8 Å². The van der Waals surface area contributed by atoms with Crippen molar-refractivity contribution in [1.29, 1.82) is 0 Å². The van der Waals surface area contributed by atoms with Gasteiger partial charge in [0.2, 0.25) is 0 Å². The molecule has 0 saturated heterocycles. The van der Waals surface area contributed by atoms with Crippen molar-refractivity contribution in [2.24, 2.45) is 0 Å². The quantitative estimate of drug-likeness (QED) is 0.599. The van der Waals surface area contributed by atoms with Gasteiger partial charge in [0.15, 0.2) is 19.7 Å². The van der Waals surface area contributed by atoms with Gasteiger partial charge in [0.1, 0.15) is 0 Å². The minimum absolute atomic E-state index is 0.0267. The molecule has 1 atom stereocenters. The van der Waals surface area contributed by atoms with E-state index in [1.54, 1.807) is 0 Å². The molecule has 0 aliphatic heterocycles. The molecule has 1 radical (unpaired) electrons. The summed E-state index contributed by atoms with van der Waals surface area (Å²) in [5, 5.41) is -0.799. The van der Waals surface area contributed by atoms with Crippen molar-refractivity contribution < 1.29 is 16.8 Å². The van der Waals surface area contributed by atoms with Gasteiger partial charge in [-0.15, -0.1) is 23.2 Å². The average molecular weight is 324 g/mol. The van der Waals surface area contributed by atoms with E-state index in [-0.39, 0.29) is 41.9 Å². The van der Waals surface area contributed by atoms with Crippen molar-refractivity contribution in [3.63, 3.8) is 0 Å². The van der Waals surface area contributed by atoms with Gasteiger partial charge in [0.05, 0.1) is 22.5 Å². The summed E-state index contributed by atoms with van der Waals surface area (Å²) in [7, 11) is -6.47. The molecular weight excluding hydrogens is 307 g/mol. The molecule has 0 aromatic carbocycles. The fourth-order valence-electron chi connectivity index (χ4n) is 1.20. The van der Waals surface area contributed by atoms with E-state index < -0.39 is 24.9 Å². The Morgan fingerprint density at radius 3 is 1.94 bits per heavy atom. The first-order chi connectivity index (χ1) is 7.75. The van der Waals surface area contributed by atoms with Crippen LogP contribution in [0.2, 0.25) is 0 Å². The first-order valence-electron chi connectivity index (χ1n) is 5.12. The molecule has 0 aliphatic carbocycles. The predicted octanol–water partition coefficient (Wildman–Crippen LogP) is 1.28. The van der Waals surface area contributed by atoms with Crippen LogP contribution in [0.3, 0.4) is 0 Å². The maximum absolute atomic E-state index is 11.5. The third kappa shape index (κ3) is 7.49. The highest BCUT2D eigenvalue weighted by atomic mass is 35.5. The van der Waals surface area contributed by atoms with Crippen LogP contribution in [0.15, 0.2) is 0 Å². The molecule has 0 fully saturated rings. The molecule has 0 aromatic rings. The van der Waals surface area contributed by atoms with E-state index in [2.05, 4.69) is 6.92 Å². The van der Waals surface area contributed by atoms with Crippen LogP contribution >= 0.6 is 23.2 Å². The van der Waals surface area contributed by atoms with Crippen molar-refractivity contribution in [3.8, 4) is 0 Å². The first-order valence-corrected chi connectivity index (χ1v) is 9.73. The van der Waals surface area contributed by atoms with Crippen LogP contribution in [0.5, 0.6) is 0 Å². The molecule has 17 heavy (non-hydrogen) atoms. The Bertz CT molecular complexity index is 403. The number of rotatable bonds is 9. The van der Waals surface area contributed by atoms with E-state index in [1.165, 1.54) is 0 Å². The predicted molar refractivity (Wildman–Crippen MR) is 72.3 cm³/mol. The van der Waals surface area contributed by atoms with Crippen molar-refractivity contribution in [1.82, 2.24) is 0 Å². The van der Waals surface area contributed by atoms with Crippen LogP contribution in [0.1, 0.15) is 12.8 Å². The zero-order valence-corrected chi connectivity index (χ0v) is 12.6. The lowest BCUT2D eigenvalue weighted by Crippen LogP contribution is -2.23. The van der Waals surface area contributed by atoms with Crippen LogP contribution in [0, 0.1) is 6.92 Å². The molecule has 4 nitrogen and oxygen atoms in total. The van der Waals surface area contributed by atoms with Crippen LogP contribution in [-0.4, -0.2) is 51.1 Å². The molecule has 0 amide bonds. The number of hydrogen-bond acceptors (Lipinski definition) is 4. The van der Waals surface area contributed by atoms with E-state index in [4.69, 9.17) is 23.2 Å². The van der Waals surface area contributed by atoms with Crippen LogP contribution in [-0.2, 0) is 19.7 Å². The van der Waals surface area contributed by atoms with E-state index >= 15 is 0 Å². The second-order valence-corrected chi connectivity index (χ2v) is 9.12. The normalized spacial score (nSPS) is 14.8. The lowest BCUT2D eigenvalue weighted by atomic mass is 10.3. The van der Waals surface area contributed by atoms with E-state index in [9.17, 15) is 16.8 Å². The zero-order chi connectivity index (χ0) is 13.5. The lowest BCUT2D eigenvalue weighted by molar-refractivity contribution is 0.578. The Balaban J connectivity index is 4.14. The highest BCUT2D eigenvalue weighted by Crippen LogP contribution is 2.10. The van der Waals surface area contributed by atoms with E-state index in [0.29, 0.717) is 0 Å². The van der Waals surface area contributed by atoms with Crippen molar-refractivity contribution >= 4 is 42.9 Å². The van der Waals surface area contributed by atoms with Crippen LogP contribution in [0.4, 0.5) is 0 Å². The topological polar surface area (TPSA) is 68.3 Å². The second-order valence-electron chi connectivity index (χ2n) is 3.66. The van der Waals surface area contributed by atoms with Gasteiger partial charge in [0.25, 0.3) is 0 Å². The Labute approximate surface area is 114 Å². The number of halogens is 2. The summed E-state index contributed by atoms with van der Waals surface area (Å²) in [4.78, 5) is 0. The molecule has 0 heterocycles. The fraction of sp³-hybridized carbons (Fsp3) is 0.889. The molecule has 0 spiro atoms. The van der Waals surface area contributed by atoms with Gasteiger partial charge in [-0.05, 0) is 19.8 Å². The Morgan fingerprint density at radius 1 is 0.941 bits per heavy atom. The Kier molecular flexibility index (Phi) is 8.04. The largest absolute Gasteiger partial charge is 0.229 e. The average Bonchev–Trinajstić information content (AvgIpc) is 2.16. The molecule has 0 aromatic heterocycles. The molecule has 0 saturated carbocycles. The standard InChI is InChI=1S/C9H17Cl2O4S2/c1-9(17(14,15)8-5-11)3-2-6-16(12,13)7-4-10/h9H,1-8H2. The lowest BCUT2D eigenvalue weighted by Gasteiger charge is -2.11. The Morgan fingerprint density at radius 2 is 1.47 bits per heavy atom. The maximum atomic E-state index is 11.5. The van der Waals surface area contributed by atoms with Crippen molar-refractivity contribution in [2.75, 3.05) is 29.0 Å². The molecule has 8 heteroatoms. The summed E-state index contributed by atoms with van der Waals surface area (Å²) in [5.41, 5.74) is 0. The fourth-order valence-corrected chi connectivity index (χ4v) is 4.67. The minimum Gasteiger partial charge on any atom is -0.229 e. The highest BCUT2D eigenvalue weighted by molar-refractivity contribution is 7.92. The molecule has 0 bridgehead atoms. The smallest absolute Gasteiger partial charge is 0.154 e. The summed E-state index contributed by atoms with van der Waals surface area (Å²) in [6.45, 7) is 3.53. The monoisotopic (exact) mass is 323 g/mol. The summed E-state index contributed by atoms with van der Waals surface area (Å²) >= 11 is 10.7. The number of alkyl halides is 2. The maximum Gasteiger partial charge on any atom is 0.154 e. The van der Waals surface area contributed by atoms with E-state index in [0.717, 1.165) is 0 Å². The highest BCUT2D eigenvalue weighted by Gasteiger charge is 2.20. The van der Waals surface area contributed by atoms with Gasteiger partial charge in [0, 0.05) is 11.8 Å². The molecule has 0 aliphatic rings. The number of sulfone groups is 2. The van der Waals surface area contributed by atoms with Gasteiger partial charge < -0.3 is 0 Å². The Hall–Kier alpha value is 0.480. The SMILES string of the molecule is [CH2]C(CCCS(=O)(=O)CCCl)S(=O)(=O)CCCl. The molecule has 0 rings (SSSR count). The third-order valence-electron chi connectivity index (χ3n) is 2.24.